The molecule has 9 heteroatoms. The molecular weight excluding hydrogens is 362 g/mol. The summed E-state index contributed by atoms with van der Waals surface area (Å²) in [6.07, 6.45) is 1.78. The van der Waals surface area contributed by atoms with E-state index in [1.807, 2.05) is 13.8 Å². The van der Waals surface area contributed by atoms with Gasteiger partial charge in [-0.15, -0.1) is 0 Å². The molecule has 1 N–H and O–H groups in total. The van der Waals surface area contributed by atoms with Crippen LogP contribution in [0.25, 0.3) is 11.1 Å². The monoisotopic (exact) mass is 385 g/mol. The number of piperidine rings is 1. The zero-order chi connectivity index (χ0) is 19.8. The number of rotatable bonds is 3. The summed E-state index contributed by atoms with van der Waals surface area (Å²) in [6.45, 7) is 5.22. The minimum Gasteiger partial charge on any atom is -0.408 e. The molecule has 1 fully saturated rings. The Labute approximate surface area is 161 Å². The van der Waals surface area contributed by atoms with Crippen LogP contribution in [0.5, 0.6) is 0 Å². The number of urea groups is 1. The minimum absolute atomic E-state index is 0.0386. The molecule has 1 atom stereocenters. The third-order valence-corrected chi connectivity index (χ3v) is 5.07. The van der Waals surface area contributed by atoms with Crippen LogP contribution in [0.2, 0.25) is 0 Å². The smallest absolute Gasteiger partial charge is 0.408 e. The van der Waals surface area contributed by atoms with Gasteiger partial charge in [0.15, 0.2) is 11.4 Å². The average Bonchev–Trinajstić information content (AvgIpc) is 3.28. The maximum Gasteiger partial charge on any atom is 0.419 e. The number of carbonyl (C=O) groups is 1. The lowest BCUT2D eigenvalue weighted by molar-refractivity contribution is 0.184. The molecule has 1 aliphatic heterocycles. The SMILES string of the molecule is CC(C)c1noc(C2CCCN(C(=O)Nc3ccc4oc(=O)n(C)c4c3)C2)n1. The van der Waals surface area contributed by atoms with Crippen molar-refractivity contribution in [2.24, 2.45) is 7.05 Å². The highest BCUT2D eigenvalue weighted by molar-refractivity contribution is 5.91. The molecule has 0 bridgehead atoms. The Balaban J connectivity index is 1.47. The van der Waals surface area contributed by atoms with Gasteiger partial charge >= 0.3 is 11.8 Å². The predicted molar refractivity (Wildman–Crippen MR) is 102 cm³/mol. The van der Waals surface area contributed by atoms with Gasteiger partial charge in [0.1, 0.15) is 0 Å². The molecule has 2 amide bonds. The molecule has 4 rings (SSSR count). The Morgan fingerprint density at radius 2 is 2.18 bits per heavy atom. The summed E-state index contributed by atoms with van der Waals surface area (Å²) in [5.74, 6) is 1.09. The second kappa shape index (κ2) is 7.14. The van der Waals surface area contributed by atoms with Crippen LogP contribution in [0.1, 0.15) is 50.2 Å². The maximum atomic E-state index is 12.7. The minimum atomic E-state index is -0.433. The Kier molecular flexibility index (Phi) is 4.66. The van der Waals surface area contributed by atoms with Crippen molar-refractivity contribution in [2.45, 2.75) is 38.5 Å². The van der Waals surface area contributed by atoms with Gasteiger partial charge in [-0.25, -0.2) is 9.59 Å². The molecule has 3 heterocycles. The fraction of sp³-hybridized carbons (Fsp3) is 0.474. The Morgan fingerprint density at radius 1 is 1.36 bits per heavy atom. The number of hydrogen-bond acceptors (Lipinski definition) is 6. The highest BCUT2D eigenvalue weighted by Gasteiger charge is 2.29. The Morgan fingerprint density at radius 3 is 2.93 bits per heavy atom. The Hall–Kier alpha value is -3.10. The number of hydrogen-bond donors (Lipinski definition) is 1. The maximum absolute atomic E-state index is 12.7. The standard InChI is InChI=1S/C19H23N5O4/c1-11(2)16-21-17(28-22-16)12-5-4-8-24(10-12)18(25)20-13-6-7-15-14(9-13)23(3)19(26)27-15/h6-7,9,11-12H,4-5,8,10H2,1-3H3,(H,20,25). The van der Waals surface area contributed by atoms with Crippen LogP contribution in [0, 0.1) is 0 Å². The molecule has 1 aromatic carbocycles. The first-order chi connectivity index (χ1) is 13.4. The highest BCUT2D eigenvalue weighted by atomic mass is 16.5. The lowest BCUT2D eigenvalue weighted by Gasteiger charge is -2.31. The Bertz CT molecular complexity index is 1060. The summed E-state index contributed by atoms with van der Waals surface area (Å²) in [5.41, 5.74) is 1.73. The van der Waals surface area contributed by atoms with Gasteiger partial charge in [0.05, 0.1) is 11.4 Å². The summed E-state index contributed by atoms with van der Waals surface area (Å²) in [7, 11) is 1.63. The van der Waals surface area contributed by atoms with Crippen molar-refractivity contribution >= 4 is 22.8 Å². The zero-order valence-corrected chi connectivity index (χ0v) is 16.1. The van der Waals surface area contributed by atoms with Crippen molar-refractivity contribution in [1.29, 1.82) is 0 Å². The van der Waals surface area contributed by atoms with E-state index in [1.165, 1.54) is 4.57 Å². The lowest BCUT2D eigenvalue weighted by Crippen LogP contribution is -2.41. The first-order valence-corrected chi connectivity index (χ1v) is 9.41. The van der Waals surface area contributed by atoms with Crippen molar-refractivity contribution < 1.29 is 13.7 Å². The number of carbonyl (C=O) groups excluding carboxylic acids is 1. The van der Waals surface area contributed by atoms with E-state index in [1.54, 1.807) is 30.1 Å². The van der Waals surface area contributed by atoms with E-state index >= 15 is 0 Å². The number of nitrogens with one attached hydrogen (secondary N) is 1. The molecule has 1 saturated heterocycles. The van der Waals surface area contributed by atoms with Crippen LogP contribution in [0.3, 0.4) is 0 Å². The zero-order valence-electron chi connectivity index (χ0n) is 16.1. The van der Waals surface area contributed by atoms with E-state index in [0.29, 0.717) is 41.6 Å². The summed E-state index contributed by atoms with van der Waals surface area (Å²) >= 11 is 0. The van der Waals surface area contributed by atoms with Crippen LogP contribution in [0.15, 0.2) is 31.9 Å². The number of aromatic nitrogens is 3. The predicted octanol–water partition coefficient (Wildman–Crippen LogP) is 3.05. The van der Waals surface area contributed by atoms with Crippen molar-refractivity contribution in [2.75, 3.05) is 18.4 Å². The van der Waals surface area contributed by atoms with E-state index in [4.69, 9.17) is 8.94 Å². The second-order valence-electron chi connectivity index (χ2n) is 7.47. The van der Waals surface area contributed by atoms with Crippen LogP contribution >= 0.6 is 0 Å². The van der Waals surface area contributed by atoms with Crippen molar-refractivity contribution in [3.63, 3.8) is 0 Å². The van der Waals surface area contributed by atoms with Gasteiger partial charge in [0, 0.05) is 31.7 Å². The number of amides is 2. The molecule has 148 valence electrons. The van der Waals surface area contributed by atoms with Gasteiger partial charge in [0.2, 0.25) is 5.89 Å². The summed E-state index contributed by atoms with van der Waals surface area (Å²) in [4.78, 5) is 30.6. The van der Waals surface area contributed by atoms with Crippen LogP contribution in [0.4, 0.5) is 10.5 Å². The molecule has 9 nitrogen and oxygen atoms in total. The molecule has 0 saturated carbocycles. The molecule has 0 aliphatic carbocycles. The molecule has 3 aromatic rings. The molecule has 1 unspecified atom stereocenters. The first-order valence-electron chi connectivity index (χ1n) is 9.41. The van der Waals surface area contributed by atoms with Crippen molar-refractivity contribution in [3.05, 3.63) is 40.5 Å². The quantitative estimate of drug-likeness (QED) is 0.743. The third-order valence-electron chi connectivity index (χ3n) is 5.07. The third kappa shape index (κ3) is 3.39. The second-order valence-corrected chi connectivity index (χ2v) is 7.47. The molecule has 28 heavy (non-hydrogen) atoms. The van der Waals surface area contributed by atoms with E-state index in [0.717, 1.165) is 12.8 Å². The van der Waals surface area contributed by atoms with Crippen LogP contribution in [-0.4, -0.2) is 38.7 Å². The van der Waals surface area contributed by atoms with Gasteiger partial charge in [-0.05, 0) is 31.0 Å². The van der Waals surface area contributed by atoms with E-state index in [9.17, 15) is 9.59 Å². The van der Waals surface area contributed by atoms with E-state index in [-0.39, 0.29) is 17.9 Å². The van der Waals surface area contributed by atoms with E-state index < -0.39 is 5.76 Å². The van der Waals surface area contributed by atoms with Gasteiger partial charge in [0.25, 0.3) is 0 Å². The number of benzene rings is 1. The topological polar surface area (TPSA) is 106 Å². The fourth-order valence-corrected chi connectivity index (χ4v) is 3.42. The van der Waals surface area contributed by atoms with Gasteiger partial charge in [-0.2, -0.15) is 4.98 Å². The molecule has 2 aromatic heterocycles. The number of fused-ring (bicyclic) bond motifs is 1. The number of anilines is 1. The summed E-state index contributed by atoms with van der Waals surface area (Å²) in [6, 6.07) is 4.93. The lowest BCUT2D eigenvalue weighted by atomic mass is 9.98. The average molecular weight is 385 g/mol. The van der Waals surface area contributed by atoms with Crippen molar-refractivity contribution in [1.82, 2.24) is 19.6 Å². The molecular formula is C19H23N5O4. The summed E-state index contributed by atoms with van der Waals surface area (Å²) < 4.78 is 11.9. The number of aryl methyl sites for hydroxylation is 1. The van der Waals surface area contributed by atoms with Crippen LogP contribution < -0.4 is 11.1 Å². The van der Waals surface area contributed by atoms with Crippen molar-refractivity contribution in [3.8, 4) is 0 Å². The normalized spacial score (nSPS) is 17.4. The first kappa shape index (κ1) is 18.3. The van der Waals surface area contributed by atoms with Gasteiger partial charge < -0.3 is 19.2 Å². The number of nitrogens with zero attached hydrogens (tertiary/aromatic N) is 4. The number of oxazole rings is 1. The number of likely N-dealkylation sites (tertiary alicyclic amines) is 1. The van der Waals surface area contributed by atoms with Gasteiger partial charge in [-0.1, -0.05) is 19.0 Å². The fourth-order valence-electron chi connectivity index (χ4n) is 3.42. The van der Waals surface area contributed by atoms with E-state index in [2.05, 4.69) is 15.5 Å². The van der Waals surface area contributed by atoms with Crippen LogP contribution in [-0.2, 0) is 7.05 Å². The van der Waals surface area contributed by atoms with Gasteiger partial charge in [-0.3, -0.25) is 4.57 Å². The molecule has 0 spiro atoms. The molecule has 1 aliphatic rings. The summed E-state index contributed by atoms with van der Waals surface area (Å²) in [5, 5.41) is 6.92. The largest absolute Gasteiger partial charge is 0.419 e. The highest BCUT2D eigenvalue weighted by Crippen LogP contribution is 2.27. The molecule has 0 radical (unpaired) electrons.